The van der Waals surface area contributed by atoms with Gasteiger partial charge in [-0.05, 0) is 64.2 Å². The van der Waals surface area contributed by atoms with Crippen LogP contribution in [0, 0.1) is 0 Å². The third-order valence-corrected chi connectivity index (χ3v) is 17.4. The summed E-state index contributed by atoms with van der Waals surface area (Å²) < 4.78 is 5.48. The second-order valence-electron chi connectivity index (χ2n) is 25.6. The molecule has 0 spiro atoms. The molecule has 1 amide bonds. The van der Waals surface area contributed by atoms with E-state index < -0.39 is 12.1 Å². The van der Waals surface area contributed by atoms with Crippen LogP contribution in [0.3, 0.4) is 0 Å². The molecule has 3 N–H and O–H groups in total. The van der Waals surface area contributed by atoms with Crippen molar-refractivity contribution in [3.05, 3.63) is 36.5 Å². The summed E-state index contributed by atoms with van der Waals surface area (Å²) in [6, 6.07) is -0.629. The molecule has 0 aromatic heterocycles. The molecule has 6 heteroatoms. The fourth-order valence-electron chi connectivity index (χ4n) is 11.7. The third-order valence-electron chi connectivity index (χ3n) is 17.4. The Labute approximate surface area is 513 Å². The number of nitrogens with one attached hydrogen (secondary N) is 1. The van der Waals surface area contributed by atoms with Crippen LogP contribution < -0.4 is 5.32 Å². The molecule has 0 bridgehead atoms. The SMILES string of the molecule is CCCCCCCCCCCCCCCCCCCCCC/C=C/C(O)C(CO)NC(=O)CCCCCCCCCCCCCCCCC/C=C\C/C=C\CCCCCCCCCCCOC(=O)CCCCCCCCCCCCCC. The van der Waals surface area contributed by atoms with Gasteiger partial charge in [-0.1, -0.05) is 371 Å². The van der Waals surface area contributed by atoms with Crippen molar-refractivity contribution in [1.29, 1.82) is 0 Å². The van der Waals surface area contributed by atoms with Gasteiger partial charge < -0.3 is 20.3 Å². The number of hydrogen-bond acceptors (Lipinski definition) is 5. The Hall–Kier alpha value is -1.92. The lowest BCUT2D eigenvalue weighted by Gasteiger charge is -2.20. The van der Waals surface area contributed by atoms with Gasteiger partial charge in [0.05, 0.1) is 25.4 Å². The monoisotopic (exact) mass is 1150 g/mol. The maximum Gasteiger partial charge on any atom is 0.305 e. The van der Waals surface area contributed by atoms with E-state index in [1.54, 1.807) is 6.08 Å². The van der Waals surface area contributed by atoms with Crippen molar-refractivity contribution >= 4 is 11.9 Å². The minimum atomic E-state index is -0.845. The minimum absolute atomic E-state index is 0.0141. The molecule has 0 aromatic carbocycles. The molecule has 0 radical (unpaired) electrons. The van der Waals surface area contributed by atoms with Gasteiger partial charge >= 0.3 is 5.97 Å². The average molecular weight is 1150 g/mol. The van der Waals surface area contributed by atoms with Crippen LogP contribution in [0.2, 0.25) is 0 Å². The quantitative estimate of drug-likeness (QED) is 0.0320. The Morgan fingerprint density at radius 1 is 0.341 bits per heavy atom. The molecule has 0 heterocycles. The molecular formula is C76H145NO5. The fourth-order valence-corrected chi connectivity index (χ4v) is 11.7. The Bertz CT molecular complexity index is 1330. The van der Waals surface area contributed by atoms with Gasteiger partial charge in [0.25, 0.3) is 0 Å². The largest absolute Gasteiger partial charge is 0.466 e. The molecule has 0 aliphatic rings. The van der Waals surface area contributed by atoms with E-state index in [1.165, 1.54) is 340 Å². The number of hydrogen-bond donors (Lipinski definition) is 3. The highest BCUT2D eigenvalue weighted by Crippen LogP contribution is 2.19. The van der Waals surface area contributed by atoms with Gasteiger partial charge in [-0.3, -0.25) is 9.59 Å². The molecule has 6 nitrogen and oxygen atoms in total. The molecule has 0 aliphatic heterocycles. The number of aliphatic hydroxyl groups excluding tert-OH is 2. The first-order valence-corrected chi connectivity index (χ1v) is 37.3. The van der Waals surface area contributed by atoms with Crippen molar-refractivity contribution in [2.75, 3.05) is 13.2 Å². The van der Waals surface area contributed by atoms with Crippen LogP contribution in [0.4, 0.5) is 0 Å². The van der Waals surface area contributed by atoms with Gasteiger partial charge in [-0.25, -0.2) is 0 Å². The van der Waals surface area contributed by atoms with Crippen LogP contribution in [0.5, 0.6) is 0 Å². The standard InChI is InChI=1S/C76H145NO5/c1-3-5-7-9-11-13-15-17-18-19-20-21-33-36-39-42-45-48-52-56-60-64-68-74(79)73(72-78)77-75(80)69-65-61-57-53-49-46-43-40-37-34-31-29-27-25-23-22-24-26-28-30-32-35-38-41-44-47-51-55-59-63-67-71-82-76(81)70-66-62-58-54-50-16-14-12-10-8-6-4-2/h24,26,30,32,64,68,73-74,78-79H,3-23,25,27-29,31,33-63,65-67,69-72H2,1-2H3,(H,77,80)/b26-24-,32-30-,68-64+. The van der Waals surface area contributed by atoms with Gasteiger partial charge in [0.1, 0.15) is 0 Å². The minimum Gasteiger partial charge on any atom is -0.466 e. The summed E-state index contributed by atoms with van der Waals surface area (Å²) in [5.41, 5.74) is 0. The predicted molar refractivity (Wildman–Crippen MR) is 361 cm³/mol. The maximum atomic E-state index is 12.5. The van der Waals surface area contributed by atoms with E-state index in [9.17, 15) is 19.8 Å². The molecule has 0 aliphatic carbocycles. The van der Waals surface area contributed by atoms with Crippen LogP contribution in [-0.4, -0.2) is 47.4 Å². The summed E-state index contributed by atoms with van der Waals surface area (Å²) in [6.07, 6.45) is 92.4. The van der Waals surface area contributed by atoms with Crippen molar-refractivity contribution in [2.24, 2.45) is 0 Å². The smallest absolute Gasteiger partial charge is 0.305 e. The Balaban J connectivity index is 3.42. The predicted octanol–water partition coefficient (Wildman–Crippen LogP) is 24.3. The van der Waals surface area contributed by atoms with E-state index in [0.717, 1.165) is 44.9 Å². The van der Waals surface area contributed by atoms with E-state index in [1.807, 2.05) is 6.08 Å². The number of rotatable bonds is 70. The molecule has 0 rings (SSSR count). The van der Waals surface area contributed by atoms with Crippen molar-refractivity contribution in [1.82, 2.24) is 5.32 Å². The van der Waals surface area contributed by atoms with Crippen molar-refractivity contribution in [2.45, 2.75) is 424 Å². The first-order chi connectivity index (χ1) is 40.5. The molecular weight excluding hydrogens is 1010 g/mol. The number of allylic oxidation sites excluding steroid dienone is 5. The lowest BCUT2D eigenvalue weighted by Crippen LogP contribution is -2.45. The molecule has 82 heavy (non-hydrogen) atoms. The van der Waals surface area contributed by atoms with Gasteiger partial charge in [-0.15, -0.1) is 0 Å². The Morgan fingerprint density at radius 2 is 0.610 bits per heavy atom. The third kappa shape index (κ3) is 67.2. The van der Waals surface area contributed by atoms with Crippen LogP contribution in [0.1, 0.15) is 412 Å². The van der Waals surface area contributed by atoms with Crippen LogP contribution in [-0.2, 0) is 14.3 Å². The highest BCUT2D eigenvalue weighted by atomic mass is 16.5. The summed E-state index contributed by atoms with van der Waals surface area (Å²) in [5.74, 6) is -0.0491. The Kier molecular flexibility index (Phi) is 69.9. The number of unbranched alkanes of at least 4 members (excludes halogenated alkanes) is 55. The fraction of sp³-hybridized carbons (Fsp3) is 0.895. The first kappa shape index (κ1) is 80.1. The van der Waals surface area contributed by atoms with E-state index in [2.05, 4.69) is 43.5 Å². The van der Waals surface area contributed by atoms with Crippen molar-refractivity contribution in [3.8, 4) is 0 Å². The molecule has 0 saturated carbocycles. The van der Waals surface area contributed by atoms with Gasteiger partial charge in [0, 0.05) is 12.8 Å². The molecule has 2 atom stereocenters. The summed E-state index contributed by atoms with van der Waals surface area (Å²) >= 11 is 0. The van der Waals surface area contributed by atoms with E-state index >= 15 is 0 Å². The van der Waals surface area contributed by atoms with Crippen molar-refractivity contribution < 1.29 is 24.5 Å². The number of esters is 1. The average Bonchev–Trinajstić information content (AvgIpc) is 3.48. The topological polar surface area (TPSA) is 95.9 Å². The molecule has 0 saturated heterocycles. The first-order valence-electron chi connectivity index (χ1n) is 37.3. The number of amides is 1. The number of aliphatic hydroxyl groups is 2. The van der Waals surface area contributed by atoms with E-state index in [-0.39, 0.29) is 18.5 Å². The zero-order valence-electron chi connectivity index (χ0n) is 55.5. The molecule has 484 valence electrons. The molecule has 2 unspecified atom stereocenters. The number of carbonyl (C=O) groups excluding carboxylic acids is 2. The second kappa shape index (κ2) is 71.6. The number of carbonyl (C=O) groups is 2. The van der Waals surface area contributed by atoms with E-state index in [4.69, 9.17) is 4.74 Å². The lowest BCUT2D eigenvalue weighted by atomic mass is 10.0. The summed E-state index contributed by atoms with van der Waals surface area (Å²) in [4.78, 5) is 24.6. The van der Waals surface area contributed by atoms with Crippen molar-refractivity contribution in [3.63, 3.8) is 0 Å². The second-order valence-corrected chi connectivity index (χ2v) is 25.6. The zero-order valence-corrected chi connectivity index (χ0v) is 55.5. The summed E-state index contributed by atoms with van der Waals surface area (Å²) in [5, 5.41) is 23.3. The van der Waals surface area contributed by atoms with Gasteiger partial charge in [0.15, 0.2) is 0 Å². The van der Waals surface area contributed by atoms with Crippen LogP contribution in [0.25, 0.3) is 0 Å². The lowest BCUT2D eigenvalue weighted by molar-refractivity contribution is -0.143. The number of ether oxygens (including phenoxy) is 1. The molecule has 0 aromatic rings. The normalized spacial score (nSPS) is 12.7. The highest BCUT2D eigenvalue weighted by molar-refractivity contribution is 5.76. The summed E-state index contributed by atoms with van der Waals surface area (Å²) in [7, 11) is 0. The van der Waals surface area contributed by atoms with Gasteiger partial charge in [-0.2, -0.15) is 0 Å². The van der Waals surface area contributed by atoms with E-state index in [0.29, 0.717) is 19.4 Å². The van der Waals surface area contributed by atoms with Gasteiger partial charge in [0.2, 0.25) is 5.91 Å². The van der Waals surface area contributed by atoms with Crippen LogP contribution >= 0.6 is 0 Å². The van der Waals surface area contributed by atoms with Crippen LogP contribution in [0.15, 0.2) is 36.5 Å². The maximum absolute atomic E-state index is 12.5. The zero-order chi connectivity index (χ0) is 59.2. The highest BCUT2D eigenvalue weighted by Gasteiger charge is 2.18. The summed E-state index contributed by atoms with van der Waals surface area (Å²) in [6.45, 7) is 4.94. The Morgan fingerprint density at radius 3 is 0.927 bits per heavy atom. The molecule has 0 fully saturated rings.